The first-order valence-corrected chi connectivity index (χ1v) is 6.51. The van der Waals surface area contributed by atoms with E-state index >= 15 is 0 Å². The summed E-state index contributed by atoms with van der Waals surface area (Å²) < 4.78 is 16.6. The molecule has 2 aromatic carbocycles. The van der Waals surface area contributed by atoms with Crippen LogP contribution in [0.25, 0.3) is 10.9 Å². The van der Waals surface area contributed by atoms with Gasteiger partial charge in [-0.15, -0.1) is 0 Å². The summed E-state index contributed by atoms with van der Waals surface area (Å²) in [5.74, 6) is 2.83. The molecule has 1 aliphatic heterocycles. The van der Waals surface area contributed by atoms with Crippen LogP contribution in [0.15, 0.2) is 48.7 Å². The van der Waals surface area contributed by atoms with E-state index in [1.54, 1.807) is 6.20 Å². The van der Waals surface area contributed by atoms with Gasteiger partial charge in [-0.05, 0) is 36.4 Å². The van der Waals surface area contributed by atoms with Gasteiger partial charge in [0.15, 0.2) is 11.5 Å². The largest absolute Gasteiger partial charge is 0.456 e. The Labute approximate surface area is 120 Å². The molecule has 0 bridgehead atoms. The standard InChI is InChI=1S/C16H12N2O3/c17-10-1-3-12-13(7-10)18-6-5-14(12)21-11-2-4-15-16(8-11)20-9-19-15/h1-8H,9,17H2. The summed E-state index contributed by atoms with van der Waals surface area (Å²) in [7, 11) is 0. The van der Waals surface area contributed by atoms with E-state index in [-0.39, 0.29) is 6.79 Å². The molecule has 0 amide bonds. The van der Waals surface area contributed by atoms with Crippen molar-refractivity contribution < 1.29 is 14.2 Å². The first-order chi connectivity index (χ1) is 10.3. The molecule has 4 rings (SSSR count). The maximum atomic E-state index is 5.94. The Kier molecular flexibility index (Phi) is 2.57. The van der Waals surface area contributed by atoms with Crippen molar-refractivity contribution in [3.63, 3.8) is 0 Å². The summed E-state index contributed by atoms with van der Waals surface area (Å²) >= 11 is 0. The number of aromatic nitrogens is 1. The minimum absolute atomic E-state index is 0.246. The maximum Gasteiger partial charge on any atom is 0.231 e. The molecule has 21 heavy (non-hydrogen) atoms. The van der Waals surface area contributed by atoms with Gasteiger partial charge in [-0.1, -0.05) is 0 Å². The lowest BCUT2D eigenvalue weighted by Crippen LogP contribution is -1.93. The zero-order valence-corrected chi connectivity index (χ0v) is 11.1. The molecule has 5 heteroatoms. The van der Waals surface area contributed by atoms with Gasteiger partial charge < -0.3 is 19.9 Å². The highest BCUT2D eigenvalue weighted by atomic mass is 16.7. The van der Waals surface area contributed by atoms with E-state index in [1.807, 2.05) is 42.5 Å². The van der Waals surface area contributed by atoms with Crippen LogP contribution in [0.4, 0.5) is 5.69 Å². The molecule has 1 aromatic heterocycles. The van der Waals surface area contributed by atoms with Crippen molar-refractivity contribution in [2.75, 3.05) is 12.5 Å². The number of nitrogens with zero attached hydrogens (tertiary/aromatic N) is 1. The molecule has 0 saturated heterocycles. The average molecular weight is 280 g/mol. The van der Waals surface area contributed by atoms with Crippen LogP contribution in [-0.4, -0.2) is 11.8 Å². The van der Waals surface area contributed by atoms with Gasteiger partial charge in [-0.25, -0.2) is 0 Å². The molecule has 104 valence electrons. The Hall–Kier alpha value is -2.95. The van der Waals surface area contributed by atoms with Gasteiger partial charge in [-0.2, -0.15) is 0 Å². The Balaban J connectivity index is 1.74. The van der Waals surface area contributed by atoms with Crippen molar-refractivity contribution in [2.24, 2.45) is 0 Å². The minimum Gasteiger partial charge on any atom is -0.456 e. The second-order valence-electron chi connectivity index (χ2n) is 4.70. The number of hydrogen-bond donors (Lipinski definition) is 1. The van der Waals surface area contributed by atoms with Crippen LogP contribution in [-0.2, 0) is 0 Å². The van der Waals surface area contributed by atoms with Crippen molar-refractivity contribution >= 4 is 16.6 Å². The van der Waals surface area contributed by atoms with Crippen molar-refractivity contribution in [2.45, 2.75) is 0 Å². The van der Waals surface area contributed by atoms with Gasteiger partial charge in [0.05, 0.1) is 5.52 Å². The number of hydrogen-bond acceptors (Lipinski definition) is 5. The van der Waals surface area contributed by atoms with E-state index in [2.05, 4.69) is 4.98 Å². The fourth-order valence-electron chi connectivity index (χ4n) is 2.30. The first-order valence-electron chi connectivity index (χ1n) is 6.51. The molecular weight excluding hydrogens is 268 g/mol. The zero-order valence-electron chi connectivity index (χ0n) is 11.1. The van der Waals surface area contributed by atoms with E-state index in [9.17, 15) is 0 Å². The molecule has 0 atom stereocenters. The lowest BCUT2D eigenvalue weighted by atomic mass is 10.2. The fourth-order valence-corrected chi connectivity index (χ4v) is 2.30. The van der Waals surface area contributed by atoms with Crippen LogP contribution in [0.3, 0.4) is 0 Å². The number of anilines is 1. The molecule has 5 nitrogen and oxygen atoms in total. The smallest absolute Gasteiger partial charge is 0.231 e. The SMILES string of the molecule is Nc1ccc2c(Oc3ccc4c(c3)OCO4)ccnc2c1. The highest BCUT2D eigenvalue weighted by molar-refractivity contribution is 5.87. The lowest BCUT2D eigenvalue weighted by molar-refractivity contribution is 0.174. The van der Waals surface area contributed by atoms with Crippen LogP contribution in [0, 0.1) is 0 Å². The van der Waals surface area contributed by atoms with Crippen LogP contribution in [0.1, 0.15) is 0 Å². The van der Waals surface area contributed by atoms with Crippen molar-refractivity contribution in [3.05, 3.63) is 48.7 Å². The molecule has 0 fully saturated rings. The first kappa shape index (κ1) is 11.8. The fraction of sp³-hybridized carbons (Fsp3) is 0.0625. The molecule has 0 saturated carbocycles. The Morgan fingerprint density at radius 1 is 1.00 bits per heavy atom. The van der Waals surface area contributed by atoms with Crippen LogP contribution < -0.4 is 19.9 Å². The summed E-state index contributed by atoms with van der Waals surface area (Å²) in [6, 6.07) is 12.9. The number of nitrogen functional groups attached to an aromatic ring is 1. The molecule has 0 unspecified atom stereocenters. The number of benzene rings is 2. The van der Waals surface area contributed by atoms with Gasteiger partial charge in [0.2, 0.25) is 6.79 Å². The average Bonchev–Trinajstić information content (AvgIpc) is 2.95. The predicted octanol–water partition coefficient (Wildman–Crippen LogP) is 3.34. The number of pyridine rings is 1. The Bertz CT molecular complexity index is 833. The van der Waals surface area contributed by atoms with Gasteiger partial charge in [-0.3, -0.25) is 4.98 Å². The summed E-state index contributed by atoms with van der Waals surface area (Å²) in [5, 5.41) is 0.907. The highest BCUT2D eigenvalue weighted by Crippen LogP contribution is 2.37. The van der Waals surface area contributed by atoms with Crippen molar-refractivity contribution in [3.8, 4) is 23.0 Å². The second kappa shape index (κ2) is 4.56. The van der Waals surface area contributed by atoms with E-state index in [1.165, 1.54) is 0 Å². The van der Waals surface area contributed by atoms with Crippen LogP contribution in [0.2, 0.25) is 0 Å². The monoisotopic (exact) mass is 280 g/mol. The van der Waals surface area contributed by atoms with E-state index in [4.69, 9.17) is 19.9 Å². The summed E-state index contributed by atoms with van der Waals surface area (Å²) in [4.78, 5) is 4.30. The summed E-state index contributed by atoms with van der Waals surface area (Å²) in [6.07, 6.45) is 1.70. The summed E-state index contributed by atoms with van der Waals surface area (Å²) in [6.45, 7) is 0.246. The second-order valence-corrected chi connectivity index (χ2v) is 4.70. The van der Waals surface area contributed by atoms with Crippen LogP contribution >= 0.6 is 0 Å². The molecule has 3 aromatic rings. The third kappa shape index (κ3) is 2.08. The Morgan fingerprint density at radius 3 is 2.86 bits per heavy atom. The van der Waals surface area contributed by atoms with E-state index in [0.717, 1.165) is 22.4 Å². The van der Waals surface area contributed by atoms with E-state index in [0.29, 0.717) is 17.2 Å². The molecule has 0 radical (unpaired) electrons. The highest BCUT2D eigenvalue weighted by Gasteiger charge is 2.14. The normalized spacial score (nSPS) is 12.6. The third-order valence-electron chi connectivity index (χ3n) is 3.30. The Morgan fingerprint density at radius 2 is 1.90 bits per heavy atom. The molecule has 0 spiro atoms. The predicted molar refractivity (Wildman–Crippen MR) is 78.8 cm³/mol. The summed E-state index contributed by atoms with van der Waals surface area (Å²) in [5.41, 5.74) is 7.25. The van der Waals surface area contributed by atoms with Crippen LogP contribution in [0.5, 0.6) is 23.0 Å². The molecular formula is C16H12N2O3. The van der Waals surface area contributed by atoms with Crippen molar-refractivity contribution in [1.29, 1.82) is 0 Å². The number of fused-ring (bicyclic) bond motifs is 2. The molecule has 1 aliphatic rings. The molecule has 2 N–H and O–H groups in total. The number of ether oxygens (including phenoxy) is 3. The van der Waals surface area contributed by atoms with Gasteiger partial charge in [0, 0.05) is 23.3 Å². The topological polar surface area (TPSA) is 66.6 Å². The zero-order chi connectivity index (χ0) is 14.2. The van der Waals surface area contributed by atoms with Gasteiger partial charge >= 0.3 is 0 Å². The quantitative estimate of drug-likeness (QED) is 0.729. The van der Waals surface area contributed by atoms with E-state index < -0.39 is 0 Å². The third-order valence-corrected chi connectivity index (χ3v) is 3.30. The maximum absolute atomic E-state index is 5.94. The number of nitrogens with two attached hydrogens (primary N) is 1. The minimum atomic E-state index is 0.246. The molecule has 2 heterocycles. The molecule has 0 aliphatic carbocycles. The van der Waals surface area contributed by atoms with Gasteiger partial charge in [0.25, 0.3) is 0 Å². The van der Waals surface area contributed by atoms with Crippen molar-refractivity contribution in [1.82, 2.24) is 4.98 Å². The lowest BCUT2D eigenvalue weighted by Gasteiger charge is -2.09. The van der Waals surface area contributed by atoms with Gasteiger partial charge in [0.1, 0.15) is 11.5 Å². The number of rotatable bonds is 2.